The van der Waals surface area contributed by atoms with Gasteiger partial charge in [-0.1, -0.05) is 25.4 Å². The van der Waals surface area contributed by atoms with Gasteiger partial charge >= 0.3 is 0 Å². The summed E-state index contributed by atoms with van der Waals surface area (Å²) in [6.07, 6.45) is 1.67. The third kappa shape index (κ3) is 3.41. The van der Waals surface area contributed by atoms with E-state index in [-0.39, 0.29) is 11.8 Å². The van der Waals surface area contributed by atoms with Crippen molar-refractivity contribution in [1.82, 2.24) is 9.97 Å². The molecule has 3 nitrogen and oxygen atoms in total. The number of nitrogens with zero attached hydrogens (tertiary/aromatic N) is 2. The minimum absolute atomic E-state index is 0.253. The van der Waals surface area contributed by atoms with E-state index >= 15 is 0 Å². The molecule has 1 heterocycles. The van der Waals surface area contributed by atoms with Crippen LogP contribution >= 0.6 is 23.2 Å². The lowest BCUT2D eigenvalue weighted by molar-refractivity contribution is 0.466. The first-order chi connectivity index (χ1) is 9.51. The standard InChI is InChI=1S/C15H16Cl2N2O/c1-9(2)15-18-8-14(12(7-16)19-15)20-13-5-4-11(17)6-10(13)3/h4-6,8-9H,7H2,1-3H3. The topological polar surface area (TPSA) is 35.0 Å². The number of benzene rings is 1. The first kappa shape index (κ1) is 15.1. The molecular weight excluding hydrogens is 295 g/mol. The van der Waals surface area contributed by atoms with Crippen LogP contribution in [-0.2, 0) is 5.88 Å². The highest BCUT2D eigenvalue weighted by atomic mass is 35.5. The molecule has 20 heavy (non-hydrogen) atoms. The van der Waals surface area contributed by atoms with Gasteiger partial charge < -0.3 is 4.74 Å². The van der Waals surface area contributed by atoms with Crippen LogP contribution in [0.15, 0.2) is 24.4 Å². The highest BCUT2D eigenvalue weighted by Crippen LogP contribution is 2.29. The Bertz CT molecular complexity index is 615. The van der Waals surface area contributed by atoms with Gasteiger partial charge in [0.1, 0.15) is 17.3 Å². The maximum absolute atomic E-state index is 5.95. The van der Waals surface area contributed by atoms with Gasteiger partial charge in [0.25, 0.3) is 0 Å². The molecule has 0 bridgehead atoms. The van der Waals surface area contributed by atoms with Gasteiger partial charge in [-0.3, -0.25) is 0 Å². The molecule has 106 valence electrons. The third-order valence-corrected chi connectivity index (χ3v) is 3.34. The van der Waals surface area contributed by atoms with E-state index < -0.39 is 0 Å². The normalized spacial score (nSPS) is 10.9. The Morgan fingerprint density at radius 3 is 2.60 bits per heavy atom. The number of aryl methyl sites for hydroxylation is 1. The van der Waals surface area contributed by atoms with E-state index in [1.807, 2.05) is 32.9 Å². The Labute approximate surface area is 128 Å². The van der Waals surface area contributed by atoms with Crippen molar-refractivity contribution in [2.75, 3.05) is 0 Å². The van der Waals surface area contributed by atoms with E-state index in [2.05, 4.69) is 9.97 Å². The average Bonchev–Trinajstić information content (AvgIpc) is 2.42. The molecule has 0 saturated carbocycles. The molecule has 2 rings (SSSR count). The molecule has 0 amide bonds. The number of alkyl halides is 1. The predicted molar refractivity (Wildman–Crippen MR) is 81.9 cm³/mol. The summed E-state index contributed by atoms with van der Waals surface area (Å²) in [5, 5.41) is 0.679. The Balaban J connectivity index is 2.33. The second-order valence-electron chi connectivity index (χ2n) is 4.84. The highest BCUT2D eigenvalue weighted by Gasteiger charge is 2.12. The second kappa shape index (κ2) is 6.42. The molecule has 0 aliphatic carbocycles. The van der Waals surface area contributed by atoms with E-state index in [1.165, 1.54) is 0 Å². The summed E-state index contributed by atoms with van der Waals surface area (Å²) in [4.78, 5) is 8.75. The van der Waals surface area contributed by atoms with Crippen LogP contribution in [0.5, 0.6) is 11.5 Å². The molecule has 1 aromatic heterocycles. The summed E-state index contributed by atoms with van der Waals surface area (Å²) in [6, 6.07) is 5.46. The fourth-order valence-corrected chi connectivity index (χ4v) is 2.14. The molecule has 0 saturated heterocycles. The summed E-state index contributed by atoms with van der Waals surface area (Å²) < 4.78 is 5.85. The maximum Gasteiger partial charge on any atom is 0.168 e. The quantitative estimate of drug-likeness (QED) is 0.737. The van der Waals surface area contributed by atoms with Crippen LogP contribution in [-0.4, -0.2) is 9.97 Å². The van der Waals surface area contributed by atoms with Crippen LogP contribution < -0.4 is 4.74 Å². The van der Waals surface area contributed by atoms with E-state index in [9.17, 15) is 0 Å². The number of hydrogen-bond acceptors (Lipinski definition) is 3. The molecule has 0 aliphatic heterocycles. The molecule has 0 atom stereocenters. The predicted octanol–water partition coefficient (Wildman–Crippen LogP) is 5.09. The van der Waals surface area contributed by atoms with Crippen molar-refractivity contribution in [3.63, 3.8) is 0 Å². The number of rotatable bonds is 4. The zero-order valence-corrected chi connectivity index (χ0v) is 13.2. The average molecular weight is 311 g/mol. The fourth-order valence-electron chi connectivity index (χ4n) is 1.73. The summed E-state index contributed by atoms with van der Waals surface area (Å²) in [5.41, 5.74) is 1.64. The van der Waals surface area contributed by atoms with Gasteiger partial charge in [-0.15, -0.1) is 11.6 Å². The number of halogens is 2. The summed E-state index contributed by atoms with van der Waals surface area (Å²) in [6.45, 7) is 6.01. The molecule has 2 aromatic rings. The molecule has 0 fully saturated rings. The zero-order valence-electron chi connectivity index (χ0n) is 11.7. The monoisotopic (exact) mass is 310 g/mol. The van der Waals surface area contributed by atoms with Crippen molar-refractivity contribution in [2.45, 2.75) is 32.6 Å². The number of ether oxygens (including phenoxy) is 1. The van der Waals surface area contributed by atoms with Crippen LogP contribution in [0, 0.1) is 6.92 Å². The van der Waals surface area contributed by atoms with Gasteiger partial charge in [0, 0.05) is 10.9 Å². The molecule has 0 radical (unpaired) electrons. The van der Waals surface area contributed by atoms with Crippen LogP contribution in [0.2, 0.25) is 5.02 Å². The minimum atomic E-state index is 0.253. The van der Waals surface area contributed by atoms with Gasteiger partial charge in [-0.05, 0) is 30.7 Å². The van der Waals surface area contributed by atoms with Crippen molar-refractivity contribution in [3.05, 3.63) is 46.5 Å². The van der Waals surface area contributed by atoms with Crippen LogP contribution in [0.3, 0.4) is 0 Å². The van der Waals surface area contributed by atoms with E-state index in [0.717, 1.165) is 17.1 Å². The minimum Gasteiger partial charge on any atom is -0.453 e. The lowest BCUT2D eigenvalue weighted by Crippen LogP contribution is -2.02. The Morgan fingerprint density at radius 2 is 2.00 bits per heavy atom. The molecule has 1 aromatic carbocycles. The summed E-state index contributed by atoms with van der Waals surface area (Å²) in [5.74, 6) is 2.60. The van der Waals surface area contributed by atoms with Crippen molar-refractivity contribution in [1.29, 1.82) is 0 Å². The molecular formula is C15H16Cl2N2O. The Kier molecular flexibility index (Phi) is 4.84. The van der Waals surface area contributed by atoms with Crippen LogP contribution in [0.4, 0.5) is 0 Å². The van der Waals surface area contributed by atoms with Crippen molar-refractivity contribution < 1.29 is 4.74 Å². The molecule has 0 unspecified atom stereocenters. The number of hydrogen-bond donors (Lipinski definition) is 0. The van der Waals surface area contributed by atoms with Gasteiger partial charge in [0.15, 0.2) is 5.75 Å². The largest absolute Gasteiger partial charge is 0.453 e. The van der Waals surface area contributed by atoms with Gasteiger partial charge in [0.2, 0.25) is 0 Å². The Hall–Kier alpha value is -1.32. The van der Waals surface area contributed by atoms with Crippen molar-refractivity contribution in [3.8, 4) is 11.5 Å². The Morgan fingerprint density at radius 1 is 1.25 bits per heavy atom. The molecule has 5 heteroatoms. The summed E-state index contributed by atoms with van der Waals surface area (Å²) >= 11 is 11.9. The van der Waals surface area contributed by atoms with E-state index in [4.69, 9.17) is 27.9 Å². The molecule has 0 aliphatic rings. The van der Waals surface area contributed by atoms with Crippen LogP contribution in [0.25, 0.3) is 0 Å². The van der Waals surface area contributed by atoms with Gasteiger partial charge in [0.05, 0.1) is 12.1 Å². The molecule has 0 spiro atoms. The number of aromatic nitrogens is 2. The lowest BCUT2D eigenvalue weighted by Gasteiger charge is -2.12. The molecule has 0 N–H and O–H groups in total. The van der Waals surface area contributed by atoms with E-state index in [0.29, 0.717) is 16.5 Å². The maximum atomic E-state index is 5.95. The third-order valence-electron chi connectivity index (χ3n) is 2.85. The smallest absolute Gasteiger partial charge is 0.168 e. The lowest BCUT2D eigenvalue weighted by atomic mass is 10.2. The van der Waals surface area contributed by atoms with Gasteiger partial charge in [-0.2, -0.15) is 0 Å². The first-order valence-corrected chi connectivity index (χ1v) is 7.28. The van der Waals surface area contributed by atoms with Crippen LogP contribution in [0.1, 0.15) is 36.8 Å². The van der Waals surface area contributed by atoms with Gasteiger partial charge in [-0.25, -0.2) is 9.97 Å². The SMILES string of the molecule is Cc1cc(Cl)ccc1Oc1cnc(C(C)C)nc1CCl. The highest BCUT2D eigenvalue weighted by molar-refractivity contribution is 6.30. The first-order valence-electron chi connectivity index (χ1n) is 6.37. The van der Waals surface area contributed by atoms with Crippen molar-refractivity contribution in [2.24, 2.45) is 0 Å². The van der Waals surface area contributed by atoms with E-state index in [1.54, 1.807) is 12.3 Å². The van der Waals surface area contributed by atoms with Crippen molar-refractivity contribution >= 4 is 23.2 Å². The summed E-state index contributed by atoms with van der Waals surface area (Å²) in [7, 11) is 0. The fraction of sp³-hybridized carbons (Fsp3) is 0.333. The second-order valence-corrected chi connectivity index (χ2v) is 5.54. The zero-order chi connectivity index (χ0) is 14.7.